The maximum absolute atomic E-state index is 12.7. The van der Waals surface area contributed by atoms with Gasteiger partial charge in [0.15, 0.2) is 5.78 Å². The van der Waals surface area contributed by atoms with Crippen molar-refractivity contribution >= 4 is 33.1 Å². The Labute approximate surface area is 193 Å². The van der Waals surface area contributed by atoms with Gasteiger partial charge in [0.05, 0.1) is 12.0 Å². The van der Waals surface area contributed by atoms with E-state index in [1.807, 2.05) is 26.0 Å². The number of hydrogen-bond donors (Lipinski definition) is 2. The number of anilines is 2. The quantitative estimate of drug-likeness (QED) is 0.445. The number of hydrogen-bond acceptors (Lipinski definition) is 5. The highest BCUT2D eigenvalue weighted by molar-refractivity contribution is 7.92. The van der Waals surface area contributed by atoms with Gasteiger partial charge < -0.3 is 10.1 Å². The molecule has 0 aromatic heterocycles. The van der Waals surface area contributed by atoms with Gasteiger partial charge in [-0.05, 0) is 73.5 Å². The average molecular weight is 467 g/mol. The summed E-state index contributed by atoms with van der Waals surface area (Å²) in [5.41, 5.74) is 3.40. The predicted octanol–water partition coefficient (Wildman–Crippen LogP) is 4.71. The Morgan fingerprint density at radius 3 is 2.24 bits per heavy atom. The number of ketones is 1. The van der Waals surface area contributed by atoms with Gasteiger partial charge in [0.1, 0.15) is 5.75 Å². The van der Waals surface area contributed by atoms with Crippen LogP contribution in [0.1, 0.15) is 34.3 Å². The first kappa shape index (κ1) is 24.0. The Hall–Kier alpha value is -3.65. The number of carbonyl (C=O) groups is 2. The topological polar surface area (TPSA) is 102 Å². The van der Waals surface area contributed by atoms with Crippen LogP contribution in [0.25, 0.3) is 0 Å². The second kappa shape index (κ2) is 10.3. The van der Waals surface area contributed by atoms with Gasteiger partial charge in [-0.3, -0.25) is 14.3 Å². The Morgan fingerprint density at radius 1 is 0.848 bits per heavy atom. The molecule has 0 heterocycles. The van der Waals surface area contributed by atoms with Crippen molar-refractivity contribution in [3.8, 4) is 5.75 Å². The summed E-state index contributed by atoms with van der Waals surface area (Å²) in [5.74, 6) is 0.122. The molecule has 7 nitrogen and oxygen atoms in total. The zero-order valence-electron chi connectivity index (χ0n) is 18.7. The molecule has 0 aliphatic heterocycles. The SMILES string of the molecule is COc1ccc(NS(=O)(=O)c2cccc(NC(=O)CCC(=O)c3ccc(C)c(C)c3)c2)cc1. The van der Waals surface area contributed by atoms with E-state index in [-0.39, 0.29) is 29.4 Å². The molecule has 3 rings (SSSR count). The van der Waals surface area contributed by atoms with Gasteiger partial charge in [0.2, 0.25) is 5.91 Å². The zero-order valence-corrected chi connectivity index (χ0v) is 19.5. The number of benzene rings is 3. The van der Waals surface area contributed by atoms with Crippen molar-refractivity contribution in [2.45, 2.75) is 31.6 Å². The van der Waals surface area contributed by atoms with Gasteiger partial charge in [0.25, 0.3) is 10.0 Å². The normalized spacial score (nSPS) is 11.0. The van der Waals surface area contributed by atoms with E-state index in [2.05, 4.69) is 10.0 Å². The van der Waals surface area contributed by atoms with E-state index in [0.717, 1.165) is 11.1 Å². The van der Waals surface area contributed by atoms with E-state index in [1.54, 1.807) is 42.5 Å². The van der Waals surface area contributed by atoms with Crippen molar-refractivity contribution in [1.29, 1.82) is 0 Å². The number of carbonyl (C=O) groups excluding carboxylic acids is 2. The van der Waals surface area contributed by atoms with Crippen molar-refractivity contribution in [2.24, 2.45) is 0 Å². The number of ether oxygens (including phenoxy) is 1. The van der Waals surface area contributed by atoms with Gasteiger partial charge in [-0.2, -0.15) is 0 Å². The largest absolute Gasteiger partial charge is 0.497 e. The summed E-state index contributed by atoms with van der Waals surface area (Å²) in [5, 5.41) is 2.66. The Balaban J connectivity index is 1.61. The molecule has 0 spiro atoms. The predicted molar refractivity (Wildman–Crippen MR) is 128 cm³/mol. The summed E-state index contributed by atoms with van der Waals surface area (Å²) in [6.45, 7) is 3.90. The van der Waals surface area contributed by atoms with E-state index in [9.17, 15) is 18.0 Å². The van der Waals surface area contributed by atoms with E-state index in [4.69, 9.17) is 4.74 Å². The van der Waals surface area contributed by atoms with Crippen LogP contribution in [0.15, 0.2) is 71.6 Å². The fourth-order valence-corrected chi connectivity index (χ4v) is 4.23. The number of sulfonamides is 1. The van der Waals surface area contributed by atoms with Crippen LogP contribution in [-0.2, 0) is 14.8 Å². The van der Waals surface area contributed by atoms with Crippen molar-refractivity contribution in [1.82, 2.24) is 0 Å². The fourth-order valence-electron chi connectivity index (χ4n) is 3.12. The van der Waals surface area contributed by atoms with Gasteiger partial charge in [-0.1, -0.05) is 18.2 Å². The minimum Gasteiger partial charge on any atom is -0.497 e. The van der Waals surface area contributed by atoms with Crippen LogP contribution >= 0.6 is 0 Å². The summed E-state index contributed by atoms with van der Waals surface area (Å²) < 4.78 is 33.0. The van der Waals surface area contributed by atoms with E-state index in [0.29, 0.717) is 22.7 Å². The molecule has 172 valence electrons. The molecule has 3 aromatic rings. The molecule has 3 aromatic carbocycles. The van der Waals surface area contributed by atoms with E-state index < -0.39 is 10.0 Å². The molecule has 0 fully saturated rings. The lowest BCUT2D eigenvalue weighted by Crippen LogP contribution is -2.15. The van der Waals surface area contributed by atoms with Crippen LogP contribution in [0, 0.1) is 13.8 Å². The number of amides is 1. The lowest BCUT2D eigenvalue weighted by atomic mass is 10.0. The number of aryl methyl sites for hydroxylation is 2. The summed E-state index contributed by atoms with van der Waals surface area (Å²) in [4.78, 5) is 24.7. The van der Waals surface area contributed by atoms with Crippen molar-refractivity contribution in [3.05, 3.63) is 83.4 Å². The summed E-state index contributed by atoms with van der Waals surface area (Å²) in [7, 11) is -2.33. The molecule has 0 atom stereocenters. The minimum absolute atomic E-state index is 0.00215. The van der Waals surface area contributed by atoms with Gasteiger partial charge in [0, 0.05) is 29.8 Å². The van der Waals surface area contributed by atoms with Crippen molar-refractivity contribution in [3.63, 3.8) is 0 Å². The highest BCUT2D eigenvalue weighted by Crippen LogP contribution is 2.21. The van der Waals surface area contributed by atoms with Gasteiger partial charge >= 0.3 is 0 Å². The first-order chi connectivity index (χ1) is 15.7. The third-order valence-corrected chi connectivity index (χ3v) is 6.56. The first-order valence-corrected chi connectivity index (χ1v) is 11.8. The van der Waals surface area contributed by atoms with E-state index in [1.165, 1.54) is 19.2 Å². The van der Waals surface area contributed by atoms with Gasteiger partial charge in [-0.15, -0.1) is 0 Å². The van der Waals surface area contributed by atoms with Crippen LogP contribution in [0.4, 0.5) is 11.4 Å². The number of Topliss-reactive ketones (excluding diaryl/α,β-unsaturated/α-hetero) is 1. The Morgan fingerprint density at radius 2 is 1.58 bits per heavy atom. The maximum Gasteiger partial charge on any atom is 0.261 e. The molecule has 0 radical (unpaired) electrons. The fraction of sp³-hybridized carbons (Fsp3) is 0.200. The smallest absolute Gasteiger partial charge is 0.261 e. The van der Waals surface area contributed by atoms with Crippen LogP contribution in [0.5, 0.6) is 5.75 Å². The Kier molecular flexibility index (Phi) is 7.50. The maximum atomic E-state index is 12.7. The van der Waals surface area contributed by atoms with Gasteiger partial charge in [-0.25, -0.2) is 8.42 Å². The molecular weight excluding hydrogens is 440 g/mol. The van der Waals surface area contributed by atoms with Crippen molar-refractivity contribution in [2.75, 3.05) is 17.1 Å². The molecule has 33 heavy (non-hydrogen) atoms. The van der Waals surface area contributed by atoms with Crippen LogP contribution < -0.4 is 14.8 Å². The highest BCUT2D eigenvalue weighted by Gasteiger charge is 2.16. The summed E-state index contributed by atoms with van der Waals surface area (Å²) in [6.07, 6.45) is 0.0538. The second-order valence-electron chi connectivity index (χ2n) is 7.63. The van der Waals surface area contributed by atoms with Crippen molar-refractivity contribution < 1.29 is 22.7 Å². The number of nitrogens with one attached hydrogen (secondary N) is 2. The molecule has 0 aliphatic rings. The van der Waals surface area contributed by atoms with Crippen LogP contribution in [0.3, 0.4) is 0 Å². The minimum atomic E-state index is -3.86. The summed E-state index contributed by atoms with van der Waals surface area (Å²) >= 11 is 0. The zero-order chi connectivity index (χ0) is 24.0. The van der Waals surface area contributed by atoms with Crippen LogP contribution in [-0.4, -0.2) is 27.2 Å². The third kappa shape index (κ3) is 6.43. The average Bonchev–Trinajstić information content (AvgIpc) is 2.79. The molecule has 0 bridgehead atoms. The molecule has 8 heteroatoms. The third-order valence-electron chi connectivity index (χ3n) is 5.18. The molecular formula is C25H26N2O5S. The molecule has 2 N–H and O–H groups in total. The summed E-state index contributed by atoms with van der Waals surface area (Å²) in [6, 6.07) is 17.9. The highest BCUT2D eigenvalue weighted by atomic mass is 32.2. The second-order valence-corrected chi connectivity index (χ2v) is 9.31. The molecule has 0 aliphatic carbocycles. The lowest BCUT2D eigenvalue weighted by molar-refractivity contribution is -0.116. The molecule has 0 saturated heterocycles. The number of methoxy groups -OCH3 is 1. The molecule has 0 saturated carbocycles. The first-order valence-electron chi connectivity index (χ1n) is 10.4. The lowest BCUT2D eigenvalue weighted by Gasteiger charge is -2.11. The Bertz CT molecular complexity index is 1270. The monoisotopic (exact) mass is 466 g/mol. The van der Waals surface area contributed by atoms with E-state index >= 15 is 0 Å². The number of rotatable bonds is 9. The molecule has 0 unspecified atom stereocenters. The molecule has 1 amide bonds. The standard InChI is InChI=1S/C25H26N2O5S/c1-17-7-8-19(15-18(17)2)24(28)13-14-25(29)26-21-5-4-6-23(16-21)33(30,31)27-20-9-11-22(32-3)12-10-20/h4-12,15-16,27H,13-14H2,1-3H3,(H,26,29). The van der Waals surface area contributed by atoms with Crippen LogP contribution in [0.2, 0.25) is 0 Å².